The first kappa shape index (κ1) is 26.2. The van der Waals surface area contributed by atoms with Crippen LogP contribution in [0, 0.1) is 0 Å². The summed E-state index contributed by atoms with van der Waals surface area (Å²) in [6.07, 6.45) is 20.5. The Morgan fingerprint density at radius 3 is 1.15 bits per heavy atom. The summed E-state index contributed by atoms with van der Waals surface area (Å²) in [7, 11) is 0. The fourth-order valence-electron chi connectivity index (χ4n) is 3.00. The molecule has 0 rings (SSSR count). The summed E-state index contributed by atoms with van der Waals surface area (Å²) >= 11 is 0. The van der Waals surface area contributed by atoms with Crippen molar-refractivity contribution in [3.05, 3.63) is 24.7 Å². The van der Waals surface area contributed by atoms with Crippen molar-refractivity contribution in [2.45, 2.75) is 91.9 Å². The molecule has 160 valence electrons. The third kappa shape index (κ3) is 18.3. The lowest BCUT2D eigenvalue weighted by Gasteiger charge is -2.21. The van der Waals surface area contributed by atoms with E-state index in [9.17, 15) is 0 Å². The summed E-state index contributed by atoms with van der Waals surface area (Å²) in [5, 5.41) is 0. The highest BCUT2D eigenvalue weighted by Crippen LogP contribution is 2.02. The van der Waals surface area contributed by atoms with E-state index in [1.807, 2.05) is 12.5 Å². The number of hydrogen-bond donors (Lipinski definition) is 0. The standard InChI is InChI=1S/C24H48N2O/c1-5-9-17-25(18-10-6-2)21-13-15-23-27-24-16-14-22-26(19-11-7-3)20-12-8-4/h15-16,23-24H,5-14,17-22H2,1-4H3. The number of ether oxygens (including phenoxy) is 1. The molecular weight excluding hydrogens is 332 g/mol. The molecule has 3 nitrogen and oxygen atoms in total. The summed E-state index contributed by atoms with van der Waals surface area (Å²) < 4.78 is 5.52. The van der Waals surface area contributed by atoms with Crippen LogP contribution in [0.2, 0.25) is 0 Å². The molecule has 0 spiro atoms. The van der Waals surface area contributed by atoms with E-state index in [0.717, 1.165) is 25.9 Å². The minimum atomic E-state index is 1.07. The van der Waals surface area contributed by atoms with Crippen molar-refractivity contribution in [2.75, 3.05) is 39.3 Å². The van der Waals surface area contributed by atoms with E-state index in [1.54, 1.807) is 0 Å². The van der Waals surface area contributed by atoms with Crippen LogP contribution in [0.5, 0.6) is 0 Å². The summed E-state index contributed by atoms with van der Waals surface area (Å²) in [6, 6.07) is 0. The second-order valence-electron chi connectivity index (χ2n) is 7.55. The second kappa shape index (κ2) is 21.5. The van der Waals surface area contributed by atoms with E-state index in [1.165, 1.54) is 77.5 Å². The van der Waals surface area contributed by atoms with E-state index in [4.69, 9.17) is 4.74 Å². The molecule has 0 aromatic rings. The zero-order valence-electron chi connectivity index (χ0n) is 18.9. The molecule has 0 aliphatic heterocycles. The van der Waals surface area contributed by atoms with Gasteiger partial charge in [0.1, 0.15) is 0 Å². The molecule has 27 heavy (non-hydrogen) atoms. The van der Waals surface area contributed by atoms with Gasteiger partial charge in [-0.3, -0.25) is 0 Å². The van der Waals surface area contributed by atoms with Crippen LogP contribution in [0.1, 0.15) is 91.9 Å². The topological polar surface area (TPSA) is 15.7 Å². The largest absolute Gasteiger partial charge is 0.473 e. The molecule has 0 aromatic carbocycles. The van der Waals surface area contributed by atoms with Gasteiger partial charge in [0.2, 0.25) is 0 Å². The molecule has 0 radical (unpaired) electrons. The van der Waals surface area contributed by atoms with Crippen molar-refractivity contribution >= 4 is 0 Å². The van der Waals surface area contributed by atoms with E-state index in [2.05, 4.69) is 49.6 Å². The average molecular weight is 381 g/mol. The molecule has 0 fully saturated rings. The molecule has 0 aliphatic carbocycles. The first-order chi connectivity index (χ1) is 13.3. The molecular formula is C24H48N2O. The van der Waals surface area contributed by atoms with Crippen molar-refractivity contribution in [3.8, 4) is 0 Å². The first-order valence-corrected chi connectivity index (χ1v) is 11.7. The van der Waals surface area contributed by atoms with Crippen LogP contribution in [-0.2, 0) is 4.74 Å². The third-order valence-electron chi connectivity index (χ3n) is 4.89. The zero-order valence-corrected chi connectivity index (χ0v) is 18.9. The Morgan fingerprint density at radius 2 is 0.852 bits per heavy atom. The highest BCUT2D eigenvalue weighted by molar-refractivity contribution is 4.81. The van der Waals surface area contributed by atoms with Gasteiger partial charge < -0.3 is 14.5 Å². The van der Waals surface area contributed by atoms with Crippen LogP contribution in [0.4, 0.5) is 0 Å². The zero-order chi connectivity index (χ0) is 20.0. The quantitative estimate of drug-likeness (QED) is 0.221. The van der Waals surface area contributed by atoms with Crippen molar-refractivity contribution in [2.24, 2.45) is 0 Å². The molecule has 0 amide bonds. The van der Waals surface area contributed by atoms with Gasteiger partial charge in [-0.25, -0.2) is 0 Å². The van der Waals surface area contributed by atoms with Gasteiger partial charge in [0.05, 0.1) is 12.5 Å². The SMILES string of the molecule is CCCCN(CCC=COC=CCCN(CCCC)CCCC)CCCC. The third-order valence-corrected chi connectivity index (χ3v) is 4.89. The van der Waals surface area contributed by atoms with Gasteiger partial charge in [-0.05, 0) is 76.9 Å². The van der Waals surface area contributed by atoms with Gasteiger partial charge in [-0.1, -0.05) is 53.4 Å². The van der Waals surface area contributed by atoms with Crippen molar-refractivity contribution in [1.82, 2.24) is 9.80 Å². The Balaban J connectivity index is 3.87. The van der Waals surface area contributed by atoms with Crippen LogP contribution in [0.3, 0.4) is 0 Å². The van der Waals surface area contributed by atoms with E-state index in [-0.39, 0.29) is 0 Å². The first-order valence-electron chi connectivity index (χ1n) is 11.7. The fraction of sp³-hybridized carbons (Fsp3) is 0.833. The minimum absolute atomic E-state index is 1.07. The molecule has 0 aliphatic rings. The molecule has 0 atom stereocenters. The van der Waals surface area contributed by atoms with Gasteiger partial charge in [-0.15, -0.1) is 0 Å². The molecule has 3 heteroatoms. The van der Waals surface area contributed by atoms with Crippen LogP contribution in [0.25, 0.3) is 0 Å². The number of rotatable bonds is 20. The Bertz CT molecular complexity index is 293. The number of nitrogens with zero attached hydrogens (tertiary/aromatic N) is 2. The maximum Gasteiger partial charge on any atom is 0.0861 e. The van der Waals surface area contributed by atoms with Gasteiger partial charge in [0.15, 0.2) is 0 Å². The maximum absolute atomic E-state index is 5.52. The predicted octanol–water partition coefficient (Wildman–Crippen LogP) is 6.62. The van der Waals surface area contributed by atoms with Gasteiger partial charge >= 0.3 is 0 Å². The minimum Gasteiger partial charge on any atom is -0.473 e. The summed E-state index contributed by atoms with van der Waals surface area (Å²) in [4.78, 5) is 5.18. The lowest BCUT2D eigenvalue weighted by molar-refractivity contribution is 0.268. The summed E-state index contributed by atoms with van der Waals surface area (Å²) in [5.41, 5.74) is 0. The van der Waals surface area contributed by atoms with E-state index in [0.29, 0.717) is 0 Å². The van der Waals surface area contributed by atoms with Crippen LogP contribution < -0.4 is 0 Å². The maximum atomic E-state index is 5.52. The second-order valence-corrected chi connectivity index (χ2v) is 7.55. The van der Waals surface area contributed by atoms with Crippen molar-refractivity contribution < 1.29 is 4.74 Å². The Kier molecular flexibility index (Phi) is 20.9. The smallest absolute Gasteiger partial charge is 0.0861 e. The normalized spacial score (nSPS) is 12.2. The highest BCUT2D eigenvalue weighted by Gasteiger charge is 2.03. The van der Waals surface area contributed by atoms with Gasteiger partial charge in [-0.2, -0.15) is 0 Å². The number of hydrogen-bond acceptors (Lipinski definition) is 3. The molecule has 0 N–H and O–H groups in total. The molecule has 0 heterocycles. The Labute approximate surface area is 170 Å². The molecule has 0 unspecified atom stereocenters. The van der Waals surface area contributed by atoms with Crippen molar-refractivity contribution in [3.63, 3.8) is 0 Å². The lowest BCUT2D eigenvalue weighted by atomic mass is 10.2. The monoisotopic (exact) mass is 380 g/mol. The average Bonchev–Trinajstić information content (AvgIpc) is 2.69. The summed E-state index contributed by atoms with van der Waals surface area (Å²) in [5.74, 6) is 0. The molecule has 0 bridgehead atoms. The molecule has 0 aromatic heterocycles. The van der Waals surface area contributed by atoms with Gasteiger partial charge in [0.25, 0.3) is 0 Å². The fourth-order valence-corrected chi connectivity index (χ4v) is 3.00. The van der Waals surface area contributed by atoms with Crippen LogP contribution in [0.15, 0.2) is 24.7 Å². The van der Waals surface area contributed by atoms with E-state index < -0.39 is 0 Å². The predicted molar refractivity (Wildman–Crippen MR) is 121 cm³/mol. The van der Waals surface area contributed by atoms with Crippen molar-refractivity contribution in [1.29, 1.82) is 0 Å². The van der Waals surface area contributed by atoms with Gasteiger partial charge in [0, 0.05) is 13.1 Å². The number of unbranched alkanes of at least 4 members (excludes halogenated alkanes) is 4. The van der Waals surface area contributed by atoms with Crippen LogP contribution in [-0.4, -0.2) is 49.1 Å². The van der Waals surface area contributed by atoms with E-state index >= 15 is 0 Å². The molecule has 0 saturated carbocycles. The lowest BCUT2D eigenvalue weighted by Crippen LogP contribution is -2.26. The highest BCUT2D eigenvalue weighted by atomic mass is 16.5. The summed E-state index contributed by atoms with van der Waals surface area (Å²) in [6.45, 7) is 16.3. The Morgan fingerprint density at radius 1 is 0.519 bits per heavy atom. The molecule has 0 saturated heterocycles. The van der Waals surface area contributed by atoms with Crippen LogP contribution >= 0.6 is 0 Å². The Hall–Kier alpha value is -0.800.